The van der Waals surface area contributed by atoms with E-state index in [2.05, 4.69) is 20.3 Å². The molecule has 2 rings (SSSR count). The Balaban J connectivity index is 0.00000200. The molecule has 0 spiro atoms. The standard InChI is InChI=1S/C13H17N5S.HI/c1-9-11(19-10(2)17-9)6-8-16-13(14)18-12-5-3-4-7-15-12;/h3-5,7H,6,8H2,1-2H3,(H3,14,15,16,18);1H. The van der Waals surface area contributed by atoms with Crippen molar-refractivity contribution in [2.75, 3.05) is 11.9 Å². The first-order valence-electron chi connectivity index (χ1n) is 6.06. The molecule has 2 heterocycles. The van der Waals surface area contributed by atoms with Crippen molar-refractivity contribution in [1.29, 1.82) is 0 Å². The highest BCUT2D eigenvalue weighted by atomic mass is 127. The number of thiazole rings is 1. The molecule has 0 bridgehead atoms. The molecule has 0 aliphatic carbocycles. The monoisotopic (exact) mass is 403 g/mol. The van der Waals surface area contributed by atoms with Crippen LogP contribution in [-0.2, 0) is 6.42 Å². The van der Waals surface area contributed by atoms with Crippen molar-refractivity contribution < 1.29 is 0 Å². The molecule has 0 saturated heterocycles. The van der Waals surface area contributed by atoms with Gasteiger partial charge < -0.3 is 11.1 Å². The first kappa shape index (κ1) is 16.8. The van der Waals surface area contributed by atoms with Gasteiger partial charge >= 0.3 is 0 Å². The summed E-state index contributed by atoms with van der Waals surface area (Å²) < 4.78 is 0. The normalized spacial score (nSPS) is 11.0. The first-order chi connectivity index (χ1) is 9.15. The van der Waals surface area contributed by atoms with Crippen LogP contribution in [0, 0.1) is 13.8 Å². The van der Waals surface area contributed by atoms with E-state index in [4.69, 9.17) is 5.73 Å². The number of hydrogen-bond donors (Lipinski definition) is 2. The number of aliphatic imine (C=N–C) groups is 1. The fourth-order valence-electron chi connectivity index (χ4n) is 1.69. The Morgan fingerprint density at radius 2 is 2.20 bits per heavy atom. The number of anilines is 1. The van der Waals surface area contributed by atoms with E-state index in [1.807, 2.05) is 32.0 Å². The third-order valence-corrected chi connectivity index (χ3v) is 3.67. The molecule has 0 unspecified atom stereocenters. The van der Waals surface area contributed by atoms with Gasteiger partial charge in [-0.3, -0.25) is 4.99 Å². The van der Waals surface area contributed by atoms with Crippen molar-refractivity contribution in [3.8, 4) is 0 Å². The number of rotatable bonds is 4. The van der Waals surface area contributed by atoms with Gasteiger partial charge in [-0.25, -0.2) is 9.97 Å². The van der Waals surface area contributed by atoms with Crippen LogP contribution in [0.25, 0.3) is 0 Å². The largest absolute Gasteiger partial charge is 0.370 e. The van der Waals surface area contributed by atoms with Crippen LogP contribution >= 0.6 is 35.3 Å². The zero-order valence-corrected chi connectivity index (χ0v) is 14.6. The van der Waals surface area contributed by atoms with E-state index in [1.54, 1.807) is 17.5 Å². The quantitative estimate of drug-likeness (QED) is 0.468. The lowest BCUT2D eigenvalue weighted by Crippen LogP contribution is -2.23. The van der Waals surface area contributed by atoms with Gasteiger partial charge in [-0.15, -0.1) is 35.3 Å². The van der Waals surface area contributed by atoms with Gasteiger partial charge in [0.2, 0.25) is 0 Å². The summed E-state index contributed by atoms with van der Waals surface area (Å²) in [6.45, 7) is 4.69. The van der Waals surface area contributed by atoms with Gasteiger partial charge in [-0.05, 0) is 26.0 Å². The van der Waals surface area contributed by atoms with E-state index in [1.165, 1.54) is 4.88 Å². The van der Waals surface area contributed by atoms with Crippen molar-refractivity contribution in [2.45, 2.75) is 20.3 Å². The lowest BCUT2D eigenvalue weighted by molar-refractivity contribution is 0.964. The molecule has 2 aromatic rings. The Bertz CT molecular complexity index is 567. The minimum atomic E-state index is 0. The van der Waals surface area contributed by atoms with E-state index in [0.29, 0.717) is 18.3 Å². The smallest absolute Gasteiger partial charge is 0.194 e. The van der Waals surface area contributed by atoms with E-state index >= 15 is 0 Å². The number of guanidine groups is 1. The molecule has 0 atom stereocenters. The molecular weight excluding hydrogens is 385 g/mol. The molecule has 0 saturated carbocycles. The maximum Gasteiger partial charge on any atom is 0.194 e. The highest BCUT2D eigenvalue weighted by Crippen LogP contribution is 2.17. The topological polar surface area (TPSA) is 76.2 Å². The maximum atomic E-state index is 5.80. The molecule has 0 aliphatic rings. The number of aryl methyl sites for hydroxylation is 2. The van der Waals surface area contributed by atoms with Gasteiger partial charge in [0.05, 0.1) is 10.7 Å². The third kappa shape index (κ3) is 5.04. The molecule has 5 nitrogen and oxygen atoms in total. The van der Waals surface area contributed by atoms with Gasteiger partial charge in [0.15, 0.2) is 5.96 Å². The molecular formula is C13H18IN5S. The average molecular weight is 403 g/mol. The number of nitrogens with zero attached hydrogens (tertiary/aromatic N) is 3. The Labute approximate surface area is 139 Å². The molecule has 2 aromatic heterocycles. The highest BCUT2D eigenvalue weighted by molar-refractivity contribution is 14.0. The van der Waals surface area contributed by atoms with Crippen molar-refractivity contribution in [3.63, 3.8) is 0 Å². The van der Waals surface area contributed by atoms with Crippen LogP contribution in [0.4, 0.5) is 5.82 Å². The van der Waals surface area contributed by atoms with Crippen LogP contribution in [0.5, 0.6) is 0 Å². The van der Waals surface area contributed by atoms with Gasteiger partial charge in [-0.2, -0.15) is 0 Å². The number of aromatic nitrogens is 2. The predicted molar refractivity (Wildman–Crippen MR) is 95.1 cm³/mol. The zero-order valence-electron chi connectivity index (χ0n) is 11.5. The minimum absolute atomic E-state index is 0. The molecule has 108 valence electrons. The zero-order chi connectivity index (χ0) is 13.7. The predicted octanol–water partition coefficient (Wildman–Crippen LogP) is 2.74. The number of hydrogen-bond acceptors (Lipinski definition) is 4. The molecule has 0 aliphatic heterocycles. The maximum absolute atomic E-state index is 5.80. The van der Waals surface area contributed by atoms with E-state index < -0.39 is 0 Å². The lowest BCUT2D eigenvalue weighted by atomic mass is 10.3. The number of nitrogens with two attached hydrogens (primary N) is 1. The third-order valence-electron chi connectivity index (χ3n) is 2.54. The highest BCUT2D eigenvalue weighted by Gasteiger charge is 2.03. The summed E-state index contributed by atoms with van der Waals surface area (Å²) in [6, 6.07) is 5.60. The van der Waals surface area contributed by atoms with Crippen molar-refractivity contribution >= 4 is 47.1 Å². The summed E-state index contributed by atoms with van der Waals surface area (Å²) in [7, 11) is 0. The second kappa shape index (κ2) is 8.15. The second-order valence-corrected chi connectivity index (χ2v) is 5.39. The molecule has 7 heteroatoms. The Morgan fingerprint density at radius 3 is 2.80 bits per heavy atom. The molecule has 0 fully saturated rings. The Hall–Kier alpha value is -1.22. The van der Waals surface area contributed by atoms with Crippen LogP contribution in [0.15, 0.2) is 29.4 Å². The van der Waals surface area contributed by atoms with Gasteiger partial charge in [-0.1, -0.05) is 6.07 Å². The van der Waals surface area contributed by atoms with Crippen LogP contribution in [0.3, 0.4) is 0 Å². The molecule has 3 N–H and O–H groups in total. The molecule has 0 amide bonds. The average Bonchev–Trinajstić information content (AvgIpc) is 2.69. The first-order valence-corrected chi connectivity index (χ1v) is 6.87. The summed E-state index contributed by atoms with van der Waals surface area (Å²) in [6.07, 6.45) is 2.57. The van der Waals surface area contributed by atoms with Crippen molar-refractivity contribution in [2.24, 2.45) is 10.7 Å². The summed E-state index contributed by atoms with van der Waals surface area (Å²) in [5.41, 5.74) is 6.89. The van der Waals surface area contributed by atoms with Crippen molar-refractivity contribution in [1.82, 2.24) is 9.97 Å². The summed E-state index contributed by atoms with van der Waals surface area (Å²) >= 11 is 1.72. The minimum Gasteiger partial charge on any atom is -0.370 e. The fourth-order valence-corrected chi connectivity index (χ4v) is 2.62. The van der Waals surface area contributed by atoms with Gasteiger partial charge in [0.1, 0.15) is 5.82 Å². The van der Waals surface area contributed by atoms with E-state index in [9.17, 15) is 0 Å². The summed E-state index contributed by atoms with van der Waals surface area (Å²) in [5, 5.41) is 4.05. The Kier molecular flexibility index (Phi) is 6.86. The fraction of sp³-hybridized carbons (Fsp3) is 0.308. The van der Waals surface area contributed by atoms with Crippen LogP contribution < -0.4 is 11.1 Å². The Morgan fingerprint density at radius 1 is 1.40 bits per heavy atom. The number of pyridine rings is 1. The molecule has 20 heavy (non-hydrogen) atoms. The number of nitrogens with one attached hydrogen (secondary N) is 1. The lowest BCUT2D eigenvalue weighted by Gasteiger charge is -2.03. The van der Waals surface area contributed by atoms with Gasteiger partial charge in [0, 0.05) is 24.0 Å². The van der Waals surface area contributed by atoms with E-state index in [0.717, 1.165) is 17.1 Å². The van der Waals surface area contributed by atoms with Crippen LogP contribution in [0.1, 0.15) is 15.6 Å². The second-order valence-electron chi connectivity index (χ2n) is 4.10. The summed E-state index contributed by atoms with van der Waals surface area (Å²) in [4.78, 5) is 14.1. The summed E-state index contributed by atoms with van der Waals surface area (Å²) in [5.74, 6) is 1.09. The van der Waals surface area contributed by atoms with Crippen molar-refractivity contribution in [3.05, 3.63) is 40.0 Å². The number of halogens is 1. The molecule has 0 radical (unpaired) electrons. The molecule has 0 aromatic carbocycles. The van der Waals surface area contributed by atoms with E-state index in [-0.39, 0.29) is 24.0 Å². The SMILES string of the molecule is Cc1nc(C)c(CCN=C(N)Nc2ccccn2)s1.I. The van der Waals surface area contributed by atoms with Crippen LogP contribution in [0.2, 0.25) is 0 Å². The van der Waals surface area contributed by atoms with Gasteiger partial charge in [0.25, 0.3) is 0 Å². The van der Waals surface area contributed by atoms with Crippen LogP contribution in [-0.4, -0.2) is 22.5 Å².